The maximum absolute atomic E-state index is 14.0. The van der Waals surface area contributed by atoms with E-state index < -0.39 is 0 Å². The van der Waals surface area contributed by atoms with E-state index in [0.717, 1.165) is 19.4 Å². The Kier molecular flexibility index (Phi) is 4.27. The van der Waals surface area contributed by atoms with Crippen molar-refractivity contribution in [3.8, 4) is 0 Å². The molecular weight excluding hydrogens is 270 g/mol. The Morgan fingerprint density at radius 2 is 1.90 bits per heavy atom. The van der Waals surface area contributed by atoms with Gasteiger partial charge in [-0.25, -0.2) is 8.78 Å². The molecule has 4 heteroatoms. The van der Waals surface area contributed by atoms with E-state index in [4.69, 9.17) is 0 Å². The zero-order chi connectivity index (χ0) is 15.0. The van der Waals surface area contributed by atoms with Crippen LogP contribution in [0, 0.1) is 11.6 Å². The van der Waals surface area contributed by atoms with E-state index in [9.17, 15) is 8.78 Å². The van der Waals surface area contributed by atoms with Gasteiger partial charge >= 0.3 is 0 Å². The maximum atomic E-state index is 14.0. The molecule has 3 rings (SSSR count). The van der Waals surface area contributed by atoms with Crippen molar-refractivity contribution < 1.29 is 8.78 Å². The quantitative estimate of drug-likeness (QED) is 0.912. The lowest BCUT2D eigenvalue weighted by Crippen LogP contribution is -2.49. The summed E-state index contributed by atoms with van der Waals surface area (Å²) < 4.78 is 27.5. The van der Waals surface area contributed by atoms with E-state index in [1.54, 1.807) is 0 Å². The van der Waals surface area contributed by atoms with Crippen molar-refractivity contribution >= 4 is 0 Å². The summed E-state index contributed by atoms with van der Waals surface area (Å²) in [5, 5.41) is 3.64. The van der Waals surface area contributed by atoms with Crippen LogP contribution in [-0.2, 0) is 0 Å². The zero-order valence-corrected chi connectivity index (χ0v) is 12.8. The molecule has 1 N–H and O–H groups in total. The number of nitrogens with one attached hydrogen (secondary N) is 1. The fourth-order valence-electron chi connectivity index (χ4n) is 4.16. The molecule has 1 aromatic carbocycles. The van der Waals surface area contributed by atoms with Gasteiger partial charge in [0.15, 0.2) is 0 Å². The highest BCUT2D eigenvalue weighted by molar-refractivity contribution is 5.22. The van der Waals surface area contributed by atoms with Crippen molar-refractivity contribution in [1.82, 2.24) is 10.2 Å². The lowest BCUT2D eigenvalue weighted by molar-refractivity contribution is 0.106. The van der Waals surface area contributed by atoms with E-state index in [1.165, 1.54) is 31.0 Å². The van der Waals surface area contributed by atoms with Crippen LogP contribution in [0.15, 0.2) is 18.2 Å². The van der Waals surface area contributed by atoms with Crippen LogP contribution in [0.25, 0.3) is 0 Å². The Balaban J connectivity index is 1.80. The summed E-state index contributed by atoms with van der Waals surface area (Å²) in [5.41, 5.74) is 0.475. The molecule has 0 aromatic heterocycles. The minimum absolute atomic E-state index is 0.0896. The number of hydrogen-bond acceptors (Lipinski definition) is 2. The van der Waals surface area contributed by atoms with Gasteiger partial charge in [0.1, 0.15) is 11.6 Å². The topological polar surface area (TPSA) is 15.3 Å². The zero-order valence-electron chi connectivity index (χ0n) is 12.8. The van der Waals surface area contributed by atoms with Crippen molar-refractivity contribution in [1.29, 1.82) is 0 Å². The first-order chi connectivity index (χ1) is 10.1. The van der Waals surface area contributed by atoms with E-state index in [2.05, 4.69) is 17.1 Å². The second-order valence-electron chi connectivity index (χ2n) is 6.44. The van der Waals surface area contributed by atoms with Gasteiger partial charge in [0, 0.05) is 29.7 Å². The molecule has 21 heavy (non-hydrogen) atoms. The minimum atomic E-state index is -0.361. The van der Waals surface area contributed by atoms with E-state index in [1.807, 2.05) is 6.92 Å². The first-order valence-corrected chi connectivity index (χ1v) is 8.05. The van der Waals surface area contributed by atoms with Crippen LogP contribution >= 0.6 is 0 Å². The molecule has 2 aliphatic rings. The van der Waals surface area contributed by atoms with Crippen molar-refractivity contribution in [2.24, 2.45) is 0 Å². The van der Waals surface area contributed by atoms with Gasteiger partial charge in [-0.15, -0.1) is 0 Å². The van der Waals surface area contributed by atoms with Crippen LogP contribution in [0.1, 0.15) is 51.1 Å². The second kappa shape index (κ2) is 6.01. The van der Waals surface area contributed by atoms with Crippen molar-refractivity contribution in [2.45, 2.75) is 63.7 Å². The summed E-state index contributed by atoms with van der Waals surface area (Å²) in [6.45, 7) is 4.96. The van der Waals surface area contributed by atoms with Crippen LogP contribution in [0.2, 0.25) is 0 Å². The Morgan fingerprint density at radius 1 is 1.24 bits per heavy atom. The third-order valence-electron chi connectivity index (χ3n) is 5.19. The van der Waals surface area contributed by atoms with Crippen LogP contribution in [0.5, 0.6) is 0 Å². The van der Waals surface area contributed by atoms with Gasteiger partial charge < -0.3 is 5.32 Å². The molecule has 0 radical (unpaired) electrons. The van der Waals surface area contributed by atoms with Crippen molar-refractivity contribution in [2.75, 3.05) is 6.54 Å². The lowest BCUT2D eigenvalue weighted by Gasteiger charge is -2.40. The van der Waals surface area contributed by atoms with Crippen LogP contribution in [0.4, 0.5) is 8.78 Å². The predicted octanol–water partition coefficient (Wildman–Crippen LogP) is 3.63. The lowest BCUT2D eigenvalue weighted by atomic mass is 9.95. The smallest absolute Gasteiger partial charge is 0.128 e. The summed E-state index contributed by atoms with van der Waals surface area (Å²) in [6.07, 6.45) is 4.74. The van der Waals surface area contributed by atoms with Gasteiger partial charge in [-0.1, -0.05) is 6.92 Å². The molecule has 2 fully saturated rings. The number of rotatable bonds is 4. The summed E-state index contributed by atoms with van der Waals surface area (Å²) in [5.74, 6) is -0.668. The molecule has 3 unspecified atom stereocenters. The fourth-order valence-corrected chi connectivity index (χ4v) is 4.16. The monoisotopic (exact) mass is 294 g/mol. The van der Waals surface area contributed by atoms with Crippen molar-refractivity contribution in [3.05, 3.63) is 35.4 Å². The summed E-state index contributed by atoms with van der Waals surface area (Å²) in [4.78, 5) is 2.34. The number of fused-ring (bicyclic) bond motifs is 2. The number of hydrogen-bond donors (Lipinski definition) is 1. The third-order valence-corrected chi connectivity index (χ3v) is 5.19. The average Bonchev–Trinajstić information content (AvgIpc) is 2.81. The molecule has 0 saturated carbocycles. The molecule has 2 aliphatic heterocycles. The molecule has 3 atom stereocenters. The molecule has 116 valence electrons. The molecule has 0 spiro atoms. The Labute approximate surface area is 125 Å². The van der Waals surface area contributed by atoms with Crippen LogP contribution in [-0.4, -0.2) is 29.6 Å². The first kappa shape index (κ1) is 14.9. The SMILES string of the molecule is CCN(C1CC2CCC(C1)N2)C(C)c1cc(F)ccc1F. The average molecular weight is 294 g/mol. The Hall–Kier alpha value is -1.00. The van der Waals surface area contributed by atoms with Gasteiger partial charge in [0.2, 0.25) is 0 Å². The molecule has 1 aromatic rings. The van der Waals surface area contributed by atoms with Crippen LogP contribution < -0.4 is 5.32 Å². The normalized spacial score (nSPS) is 29.9. The van der Waals surface area contributed by atoms with Gasteiger partial charge in [-0.05, 0) is 57.4 Å². The molecule has 2 heterocycles. The Morgan fingerprint density at radius 3 is 2.52 bits per heavy atom. The molecule has 2 nitrogen and oxygen atoms in total. The van der Waals surface area contributed by atoms with E-state index in [-0.39, 0.29) is 17.7 Å². The Bertz CT molecular complexity index is 494. The molecular formula is C17H24F2N2. The van der Waals surface area contributed by atoms with Gasteiger partial charge in [-0.2, -0.15) is 0 Å². The van der Waals surface area contributed by atoms with Gasteiger partial charge in [-0.3, -0.25) is 4.90 Å². The largest absolute Gasteiger partial charge is 0.311 e. The van der Waals surface area contributed by atoms with Gasteiger partial charge in [0.25, 0.3) is 0 Å². The molecule has 0 amide bonds. The highest BCUT2D eigenvalue weighted by Crippen LogP contribution is 2.34. The first-order valence-electron chi connectivity index (χ1n) is 8.05. The minimum Gasteiger partial charge on any atom is -0.311 e. The van der Waals surface area contributed by atoms with Crippen LogP contribution in [0.3, 0.4) is 0 Å². The maximum Gasteiger partial charge on any atom is 0.128 e. The molecule has 0 aliphatic carbocycles. The number of halogens is 2. The third kappa shape index (κ3) is 2.97. The number of piperidine rings is 1. The number of nitrogens with zero attached hydrogens (tertiary/aromatic N) is 1. The standard InChI is InChI=1S/C17H24F2N2/c1-3-21(15-9-13-5-6-14(10-15)20-13)11(2)16-8-12(18)4-7-17(16)19/h4,7-8,11,13-15,20H,3,5-6,9-10H2,1-2H3. The summed E-state index contributed by atoms with van der Waals surface area (Å²) >= 11 is 0. The fraction of sp³-hybridized carbons (Fsp3) is 0.647. The second-order valence-corrected chi connectivity index (χ2v) is 6.44. The molecule has 2 bridgehead atoms. The highest BCUT2D eigenvalue weighted by atomic mass is 19.1. The predicted molar refractivity (Wildman–Crippen MR) is 80.1 cm³/mol. The highest BCUT2D eigenvalue weighted by Gasteiger charge is 2.37. The van der Waals surface area contributed by atoms with E-state index in [0.29, 0.717) is 23.7 Å². The summed E-state index contributed by atoms with van der Waals surface area (Å²) in [6, 6.07) is 5.35. The van der Waals surface area contributed by atoms with Gasteiger partial charge in [0.05, 0.1) is 0 Å². The summed E-state index contributed by atoms with van der Waals surface area (Å²) in [7, 11) is 0. The van der Waals surface area contributed by atoms with E-state index >= 15 is 0 Å². The number of benzene rings is 1. The molecule has 2 saturated heterocycles. The van der Waals surface area contributed by atoms with Crippen molar-refractivity contribution in [3.63, 3.8) is 0 Å².